The lowest BCUT2D eigenvalue weighted by Gasteiger charge is -2.21. The van der Waals surface area contributed by atoms with E-state index in [9.17, 15) is 9.59 Å². The van der Waals surface area contributed by atoms with Gasteiger partial charge in [-0.2, -0.15) is 0 Å². The van der Waals surface area contributed by atoms with Crippen LogP contribution in [0.1, 0.15) is 47.2 Å². The van der Waals surface area contributed by atoms with Crippen LogP contribution in [0.2, 0.25) is 0 Å². The fraction of sp³-hybridized carbons (Fsp3) is 0.185. The Labute approximate surface area is 182 Å². The second-order valence-corrected chi connectivity index (χ2v) is 7.58. The van der Waals surface area contributed by atoms with Crippen molar-refractivity contribution in [2.75, 3.05) is 18.0 Å². The van der Waals surface area contributed by atoms with Crippen LogP contribution < -0.4 is 4.90 Å². The van der Waals surface area contributed by atoms with Gasteiger partial charge in [-0.05, 0) is 56.7 Å². The molecular formula is C27H26N2O2. The number of aromatic nitrogens is 1. The highest BCUT2D eigenvalue weighted by molar-refractivity contribution is 6.10. The number of rotatable bonds is 7. The van der Waals surface area contributed by atoms with Crippen LogP contribution in [0.5, 0.6) is 0 Å². The lowest BCUT2D eigenvalue weighted by atomic mass is 10.0. The predicted octanol–water partition coefficient (Wildman–Crippen LogP) is 5.89. The number of anilines is 1. The summed E-state index contributed by atoms with van der Waals surface area (Å²) in [7, 11) is 0. The van der Waals surface area contributed by atoms with Crippen molar-refractivity contribution in [3.05, 3.63) is 95.8 Å². The van der Waals surface area contributed by atoms with E-state index >= 15 is 0 Å². The quantitative estimate of drug-likeness (QED) is 0.357. The van der Waals surface area contributed by atoms with Gasteiger partial charge in [0.15, 0.2) is 5.78 Å². The average Bonchev–Trinajstić information content (AvgIpc) is 3.19. The van der Waals surface area contributed by atoms with E-state index in [-0.39, 0.29) is 11.6 Å². The van der Waals surface area contributed by atoms with Gasteiger partial charge in [-0.15, -0.1) is 0 Å². The van der Waals surface area contributed by atoms with Gasteiger partial charge in [0.25, 0.3) is 0 Å². The van der Waals surface area contributed by atoms with Crippen molar-refractivity contribution in [2.24, 2.45) is 0 Å². The number of nitrogens with zero attached hydrogens (tertiary/aromatic N) is 2. The van der Waals surface area contributed by atoms with Gasteiger partial charge in [0.1, 0.15) is 0 Å². The summed E-state index contributed by atoms with van der Waals surface area (Å²) in [5.74, 6) is -0.0420. The minimum Gasteiger partial charge on any atom is -0.372 e. The highest BCUT2D eigenvalue weighted by Crippen LogP contribution is 2.31. The summed E-state index contributed by atoms with van der Waals surface area (Å²) in [5.41, 5.74) is 5.82. The van der Waals surface area contributed by atoms with E-state index in [1.165, 1.54) is 5.69 Å². The Morgan fingerprint density at radius 3 is 2.13 bits per heavy atom. The molecule has 0 amide bonds. The average molecular weight is 411 g/mol. The van der Waals surface area contributed by atoms with Crippen LogP contribution >= 0.6 is 0 Å². The monoisotopic (exact) mass is 410 g/mol. The number of hydrogen-bond donors (Lipinski definition) is 0. The van der Waals surface area contributed by atoms with Gasteiger partial charge < -0.3 is 9.30 Å². The molecule has 4 rings (SSSR count). The molecule has 0 aliphatic heterocycles. The summed E-state index contributed by atoms with van der Waals surface area (Å²) >= 11 is 0. The Kier molecular flexibility index (Phi) is 5.72. The predicted molar refractivity (Wildman–Crippen MR) is 126 cm³/mol. The summed E-state index contributed by atoms with van der Waals surface area (Å²) in [6.45, 7) is 7.74. The number of hydrogen-bond acceptors (Lipinski definition) is 3. The third kappa shape index (κ3) is 3.89. The van der Waals surface area contributed by atoms with Crippen LogP contribution in [0.15, 0.2) is 79.0 Å². The molecule has 0 saturated heterocycles. The maximum Gasteiger partial charge on any atom is 0.209 e. The molecule has 0 unspecified atom stereocenters. The molecule has 2 aromatic heterocycles. The highest BCUT2D eigenvalue weighted by atomic mass is 16.1. The maximum atomic E-state index is 13.3. The number of benzene rings is 2. The molecule has 2 heterocycles. The highest BCUT2D eigenvalue weighted by Gasteiger charge is 2.19. The molecule has 0 fully saturated rings. The molecule has 0 bridgehead atoms. The molecule has 0 atom stereocenters. The van der Waals surface area contributed by atoms with E-state index in [4.69, 9.17) is 0 Å². The zero-order chi connectivity index (χ0) is 22.0. The first kappa shape index (κ1) is 20.6. The number of carbonyl (C=O) groups is 2. The van der Waals surface area contributed by atoms with Gasteiger partial charge in [0, 0.05) is 41.7 Å². The second kappa shape index (κ2) is 8.60. The topological polar surface area (TPSA) is 41.8 Å². The standard InChI is InChI=1S/C27H26N2O2/c1-4-28(5-2)23-13-11-20(12-14-23)24-18-26(27(31)21-9-7-6-8-10-21)29-16-15-22(19(3)30)17-25(24)29/h6-18H,4-5H2,1-3H3. The third-order valence-corrected chi connectivity index (χ3v) is 5.75. The first-order chi connectivity index (χ1) is 15.0. The fourth-order valence-electron chi connectivity index (χ4n) is 4.00. The van der Waals surface area contributed by atoms with Gasteiger partial charge in [0.2, 0.25) is 5.78 Å². The van der Waals surface area contributed by atoms with Crippen LogP contribution in [-0.2, 0) is 0 Å². The minimum atomic E-state index is -0.0443. The molecule has 4 heteroatoms. The van der Waals surface area contributed by atoms with E-state index in [1.807, 2.05) is 53.1 Å². The fourth-order valence-corrected chi connectivity index (χ4v) is 4.00. The van der Waals surface area contributed by atoms with Crippen LogP contribution in [0, 0.1) is 0 Å². The Morgan fingerprint density at radius 1 is 0.839 bits per heavy atom. The molecule has 156 valence electrons. The molecule has 0 N–H and O–H groups in total. The Morgan fingerprint density at radius 2 is 1.52 bits per heavy atom. The smallest absolute Gasteiger partial charge is 0.209 e. The van der Waals surface area contributed by atoms with E-state index in [1.54, 1.807) is 13.0 Å². The SMILES string of the molecule is CCN(CC)c1ccc(-c2cc(C(=O)c3ccccc3)n3ccc(C(C)=O)cc23)cc1. The van der Waals surface area contributed by atoms with Gasteiger partial charge in [0.05, 0.1) is 11.2 Å². The number of pyridine rings is 1. The van der Waals surface area contributed by atoms with Crippen molar-refractivity contribution in [2.45, 2.75) is 20.8 Å². The number of ketones is 2. The minimum absolute atomic E-state index is 0.00228. The summed E-state index contributed by atoms with van der Waals surface area (Å²) in [6.07, 6.45) is 1.82. The zero-order valence-corrected chi connectivity index (χ0v) is 18.1. The summed E-state index contributed by atoms with van der Waals surface area (Å²) in [5, 5.41) is 0. The maximum absolute atomic E-state index is 13.3. The molecule has 4 aromatic rings. The number of fused-ring (bicyclic) bond motifs is 1. The third-order valence-electron chi connectivity index (χ3n) is 5.75. The molecule has 2 aromatic carbocycles. The lowest BCUT2D eigenvalue weighted by Crippen LogP contribution is -2.21. The van der Waals surface area contributed by atoms with Gasteiger partial charge >= 0.3 is 0 Å². The molecule has 0 aliphatic carbocycles. The van der Waals surface area contributed by atoms with Crippen molar-refractivity contribution in [3.8, 4) is 11.1 Å². The van der Waals surface area contributed by atoms with Gasteiger partial charge in [-0.25, -0.2) is 0 Å². The molecular weight excluding hydrogens is 384 g/mol. The number of Topliss-reactive ketones (excluding diaryl/α,β-unsaturated/α-hetero) is 1. The van der Waals surface area contributed by atoms with Crippen molar-refractivity contribution in [1.29, 1.82) is 0 Å². The van der Waals surface area contributed by atoms with E-state index < -0.39 is 0 Å². The molecule has 4 nitrogen and oxygen atoms in total. The zero-order valence-electron chi connectivity index (χ0n) is 18.1. The van der Waals surface area contributed by atoms with E-state index in [0.29, 0.717) is 16.8 Å². The van der Waals surface area contributed by atoms with Crippen LogP contribution in [0.3, 0.4) is 0 Å². The molecule has 0 saturated carbocycles. The molecule has 31 heavy (non-hydrogen) atoms. The molecule has 0 radical (unpaired) electrons. The summed E-state index contributed by atoms with van der Waals surface area (Å²) in [6, 6.07) is 23.2. The van der Waals surface area contributed by atoms with Crippen molar-refractivity contribution < 1.29 is 9.59 Å². The Bertz CT molecular complexity index is 1230. The molecule has 0 spiro atoms. The first-order valence-corrected chi connectivity index (χ1v) is 10.6. The van der Waals surface area contributed by atoms with Crippen LogP contribution in [0.4, 0.5) is 5.69 Å². The van der Waals surface area contributed by atoms with Gasteiger partial charge in [-0.1, -0.05) is 42.5 Å². The van der Waals surface area contributed by atoms with Crippen LogP contribution in [-0.4, -0.2) is 29.1 Å². The second-order valence-electron chi connectivity index (χ2n) is 7.58. The Balaban J connectivity index is 1.87. The van der Waals surface area contributed by atoms with Crippen LogP contribution in [0.25, 0.3) is 16.6 Å². The number of carbonyl (C=O) groups excluding carboxylic acids is 2. The van der Waals surface area contributed by atoms with Gasteiger partial charge in [-0.3, -0.25) is 9.59 Å². The Hall–Kier alpha value is -3.66. The normalized spacial score (nSPS) is 10.9. The molecule has 0 aliphatic rings. The summed E-state index contributed by atoms with van der Waals surface area (Å²) < 4.78 is 1.88. The van der Waals surface area contributed by atoms with Crippen molar-refractivity contribution >= 4 is 22.8 Å². The largest absolute Gasteiger partial charge is 0.372 e. The summed E-state index contributed by atoms with van der Waals surface area (Å²) in [4.78, 5) is 27.5. The van der Waals surface area contributed by atoms with E-state index in [0.717, 1.165) is 29.7 Å². The lowest BCUT2D eigenvalue weighted by molar-refractivity contribution is 0.101. The van der Waals surface area contributed by atoms with E-state index in [2.05, 4.69) is 43.0 Å². The van der Waals surface area contributed by atoms with Crippen molar-refractivity contribution in [3.63, 3.8) is 0 Å². The first-order valence-electron chi connectivity index (χ1n) is 10.6. The van der Waals surface area contributed by atoms with Crippen molar-refractivity contribution in [1.82, 2.24) is 4.40 Å².